The van der Waals surface area contributed by atoms with Gasteiger partial charge in [0.1, 0.15) is 12.1 Å². The number of piperidine rings is 1. The van der Waals surface area contributed by atoms with Crippen molar-refractivity contribution in [3.63, 3.8) is 0 Å². The second-order valence-corrected chi connectivity index (χ2v) is 7.11. The highest BCUT2D eigenvalue weighted by molar-refractivity contribution is 5.38. The minimum Gasteiger partial charge on any atom is -0.367 e. The molecule has 1 fully saturated rings. The summed E-state index contributed by atoms with van der Waals surface area (Å²) in [7, 11) is 0. The first kappa shape index (κ1) is 17.4. The number of nitrogens with one attached hydrogen (secondary N) is 2. The molecule has 0 bridgehead atoms. The van der Waals surface area contributed by atoms with Crippen molar-refractivity contribution >= 4 is 11.8 Å². The van der Waals surface area contributed by atoms with E-state index in [-0.39, 0.29) is 5.56 Å². The third-order valence-corrected chi connectivity index (χ3v) is 4.34. The highest BCUT2D eigenvalue weighted by Crippen LogP contribution is 2.19. The maximum absolute atomic E-state index is 11.6. The van der Waals surface area contributed by atoms with Crippen molar-refractivity contribution in [1.29, 1.82) is 0 Å². The monoisotopic (exact) mass is 342 g/mol. The Hall–Kier alpha value is -2.44. The summed E-state index contributed by atoms with van der Waals surface area (Å²) in [5.41, 5.74) is 1.73. The van der Waals surface area contributed by atoms with Crippen LogP contribution in [-0.2, 0) is 6.42 Å². The van der Waals surface area contributed by atoms with E-state index in [9.17, 15) is 4.79 Å². The third-order valence-electron chi connectivity index (χ3n) is 4.34. The fraction of sp³-hybridized carbons (Fsp3) is 0.556. The van der Waals surface area contributed by atoms with Gasteiger partial charge in [-0.3, -0.25) is 9.78 Å². The van der Waals surface area contributed by atoms with Gasteiger partial charge in [-0.15, -0.1) is 0 Å². The standard InChI is InChI=1S/C18H26N6O/c1-12(2)8-15-10-16(20-11-19-15)22-14-4-6-24(7-5-14)18-21-13(3)9-17(25)23-18/h9-12,14H,4-8H2,1-3H3,(H,19,20,22)(H,21,23,25). The Labute approximate surface area is 147 Å². The van der Waals surface area contributed by atoms with E-state index in [1.807, 2.05) is 13.0 Å². The molecule has 1 saturated heterocycles. The van der Waals surface area contributed by atoms with Crippen LogP contribution < -0.4 is 15.8 Å². The quantitative estimate of drug-likeness (QED) is 0.866. The maximum Gasteiger partial charge on any atom is 0.252 e. The molecule has 0 aliphatic carbocycles. The molecule has 7 heteroatoms. The van der Waals surface area contributed by atoms with Crippen LogP contribution in [0.5, 0.6) is 0 Å². The van der Waals surface area contributed by atoms with Crippen LogP contribution in [0.15, 0.2) is 23.3 Å². The molecule has 134 valence electrons. The van der Waals surface area contributed by atoms with E-state index in [0.29, 0.717) is 17.9 Å². The van der Waals surface area contributed by atoms with Crippen molar-refractivity contribution in [2.75, 3.05) is 23.3 Å². The molecule has 0 amide bonds. The summed E-state index contributed by atoms with van der Waals surface area (Å²) in [5.74, 6) is 2.14. The van der Waals surface area contributed by atoms with Crippen LogP contribution in [0.25, 0.3) is 0 Å². The van der Waals surface area contributed by atoms with Gasteiger partial charge in [0.25, 0.3) is 5.56 Å². The van der Waals surface area contributed by atoms with Crippen molar-refractivity contribution in [2.45, 2.75) is 46.1 Å². The summed E-state index contributed by atoms with van der Waals surface area (Å²) >= 11 is 0. The van der Waals surface area contributed by atoms with Crippen molar-refractivity contribution in [1.82, 2.24) is 19.9 Å². The van der Waals surface area contributed by atoms with E-state index in [4.69, 9.17) is 0 Å². The Balaban J connectivity index is 1.58. The molecule has 0 atom stereocenters. The molecule has 7 nitrogen and oxygen atoms in total. The fourth-order valence-electron chi connectivity index (χ4n) is 3.16. The Morgan fingerprint density at radius 1 is 1.28 bits per heavy atom. The smallest absolute Gasteiger partial charge is 0.252 e. The van der Waals surface area contributed by atoms with Gasteiger partial charge in [-0.1, -0.05) is 13.8 Å². The average molecular weight is 342 g/mol. The van der Waals surface area contributed by atoms with Crippen LogP contribution in [0.1, 0.15) is 38.1 Å². The molecule has 0 spiro atoms. The molecule has 3 heterocycles. The van der Waals surface area contributed by atoms with Crippen molar-refractivity contribution in [2.24, 2.45) is 5.92 Å². The number of hydrogen-bond donors (Lipinski definition) is 2. The lowest BCUT2D eigenvalue weighted by Crippen LogP contribution is -2.40. The summed E-state index contributed by atoms with van der Waals surface area (Å²) in [6.45, 7) is 7.93. The van der Waals surface area contributed by atoms with Gasteiger partial charge in [-0.25, -0.2) is 15.0 Å². The fourth-order valence-corrected chi connectivity index (χ4v) is 3.16. The minimum absolute atomic E-state index is 0.0959. The zero-order valence-electron chi connectivity index (χ0n) is 15.1. The van der Waals surface area contributed by atoms with Gasteiger partial charge >= 0.3 is 0 Å². The maximum atomic E-state index is 11.6. The topological polar surface area (TPSA) is 86.8 Å². The molecule has 1 aliphatic rings. The molecule has 0 aromatic carbocycles. The lowest BCUT2D eigenvalue weighted by molar-refractivity contribution is 0.517. The van der Waals surface area contributed by atoms with E-state index in [0.717, 1.165) is 49.6 Å². The van der Waals surface area contributed by atoms with E-state index in [2.05, 4.69) is 44.0 Å². The van der Waals surface area contributed by atoms with Gasteiger partial charge in [-0.2, -0.15) is 0 Å². The molecule has 0 unspecified atom stereocenters. The normalized spacial score (nSPS) is 15.6. The zero-order valence-corrected chi connectivity index (χ0v) is 15.1. The Morgan fingerprint density at radius 2 is 2.04 bits per heavy atom. The van der Waals surface area contributed by atoms with Gasteiger partial charge < -0.3 is 10.2 Å². The van der Waals surface area contributed by atoms with Crippen LogP contribution in [0.3, 0.4) is 0 Å². The summed E-state index contributed by atoms with van der Waals surface area (Å²) in [5, 5.41) is 3.52. The SMILES string of the molecule is Cc1cc(=O)[nH]c(N2CCC(Nc3cc(CC(C)C)ncn3)CC2)n1. The molecule has 2 N–H and O–H groups in total. The number of aromatic nitrogens is 4. The first-order valence-corrected chi connectivity index (χ1v) is 8.90. The highest BCUT2D eigenvalue weighted by atomic mass is 16.1. The molecule has 2 aromatic rings. The van der Waals surface area contributed by atoms with Gasteiger partial charge in [0.2, 0.25) is 5.95 Å². The first-order valence-electron chi connectivity index (χ1n) is 8.90. The summed E-state index contributed by atoms with van der Waals surface area (Å²) in [6, 6.07) is 3.93. The van der Waals surface area contributed by atoms with Crippen molar-refractivity contribution < 1.29 is 0 Å². The number of nitrogens with zero attached hydrogens (tertiary/aromatic N) is 4. The summed E-state index contributed by atoms with van der Waals surface area (Å²) < 4.78 is 0. The molecule has 25 heavy (non-hydrogen) atoms. The number of aromatic amines is 1. The van der Waals surface area contributed by atoms with Crippen LogP contribution >= 0.6 is 0 Å². The lowest BCUT2D eigenvalue weighted by Gasteiger charge is -2.33. The van der Waals surface area contributed by atoms with E-state index >= 15 is 0 Å². The molecule has 0 saturated carbocycles. The second-order valence-electron chi connectivity index (χ2n) is 7.11. The van der Waals surface area contributed by atoms with Crippen molar-refractivity contribution in [3.05, 3.63) is 40.2 Å². The van der Waals surface area contributed by atoms with Crippen molar-refractivity contribution in [3.8, 4) is 0 Å². The van der Waals surface area contributed by atoms with Crippen LogP contribution in [0.4, 0.5) is 11.8 Å². The molecule has 1 aliphatic heterocycles. The number of H-pyrrole nitrogens is 1. The third kappa shape index (κ3) is 4.78. The molecular formula is C18H26N6O. The molecule has 0 radical (unpaired) electrons. The number of hydrogen-bond acceptors (Lipinski definition) is 6. The second kappa shape index (κ2) is 7.63. The largest absolute Gasteiger partial charge is 0.367 e. The Kier molecular flexibility index (Phi) is 5.31. The van der Waals surface area contributed by atoms with Crippen LogP contribution in [-0.4, -0.2) is 39.1 Å². The van der Waals surface area contributed by atoms with Gasteiger partial charge in [0.05, 0.1) is 0 Å². The van der Waals surface area contributed by atoms with Gasteiger partial charge in [0.15, 0.2) is 0 Å². The van der Waals surface area contributed by atoms with Crippen LogP contribution in [0, 0.1) is 12.8 Å². The Bertz CT molecular complexity index is 764. The average Bonchev–Trinajstić information content (AvgIpc) is 2.54. The predicted octanol–water partition coefficient (Wildman–Crippen LogP) is 2.15. The molecular weight excluding hydrogens is 316 g/mol. The molecule has 3 rings (SSSR count). The van der Waals surface area contributed by atoms with E-state index in [1.165, 1.54) is 6.07 Å². The minimum atomic E-state index is -0.0959. The lowest BCUT2D eigenvalue weighted by atomic mass is 10.0. The number of anilines is 2. The number of rotatable bonds is 5. The first-order chi connectivity index (χ1) is 12.0. The summed E-state index contributed by atoms with van der Waals surface area (Å²) in [6.07, 6.45) is 4.54. The van der Waals surface area contributed by atoms with E-state index < -0.39 is 0 Å². The van der Waals surface area contributed by atoms with E-state index in [1.54, 1.807) is 6.33 Å². The predicted molar refractivity (Wildman–Crippen MR) is 99.0 cm³/mol. The molecule has 2 aromatic heterocycles. The summed E-state index contributed by atoms with van der Waals surface area (Å²) in [4.78, 5) is 29.7. The number of aryl methyl sites for hydroxylation is 1. The van der Waals surface area contributed by atoms with Gasteiger partial charge in [0, 0.05) is 42.7 Å². The van der Waals surface area contributed by atoms with Crippen LogP contribution in [0.2, 0.25) is 0 Å². The zero-order chi connectivity index (χ0) is 17.8. The van der Waals surface area contributed by atoms with Gasteiger partial charge in [-0.05, 0) is 32.1 Å². The Morgan fingerprint density at radius 3 is 2.72 bits per heavy atom. The highest BCUT2D eigenvalue weighted by Gasteiger charge is 2.21.